The topological polar surface area (TPSA) is 18.5 Å². The standard InChI is InChI=1S/C12H20O2/c1(5-11-7-8-11)3-9-13-12-6-2-4-10-14-12/h5,12H,1-4,6-10H2. The number of hydrogen-bond acceptors (Lipinski definition) is 2. The molecule has 2 nitrogen and oxygen atoms in total. The van der Waals surface area contributed by atoms with Gasteiger partial charge in [0.25, 0.3) is 0 Å². The van der Waals surface area contributed by atoms with Crippen molar-refractivity contribution in [3.63, 3.8) is 0 Å². The molecule has 1 aliphatic heterocycles. The van der Waals surface area contributed by atoms with Gasteiger partial charge in [0, 0.05) is 6.61 Å². The van der Waals surface area contributed by atoms with Crippen LogP contribution >= 0.6 is 0 Å². The van der Waals surface area contributed by atoms with Gasteiger partial charge in [-0.3, -0.25) is 0 Å². The predicted octanol–water partition coefficient (Wildman–Crippen LogP) is 3.03. The Bertz CT molecular complexity index is 186. The van der Waals surface area contributed by atoms with Crippen LogP contribution in [0.1, 0.15) is 44.9 Å². The molecule has 0 radical (unpaired) electrons. The molecule has 1 unspecified atom stereocenters. The van der Waals surface area contributed by atoms with E-state index in [0.717, 1.165) is 26.1 Å². The zero-order valence-electron chi connectivity index (χ0n) is 8.84. The smallest absolute Gasteiger partial charge is 0.157 e. The molecule has 0 bridgehead atoms. The van der Waals surface area contributed by atoms with E-state index < -0.39 is 0 Å². The summed E-state index contributed by atoms with van der Waals surface area (Å²) in [6.45, 7) is 1.74. The third-order valence-electron chi connectivity index (χ3n) is 2.76. The van der Waals surface area contributed by atoms with Crippen molar-refractivity contribution < 1.29 is 9.47 Å². The van der Waals surface area contributed by atoms with Gasteiger partial charge < -0.3 is 9.47 Å². The fourth-order valence-electron chi connectivity index (χ4n) is 1.72. The first-order valence-electron chi connectivity index (χ1n) is 5.86. The molecule has 0 aromatic rings. The van der Waals surface area contributed by atoms with Gasteiger partial charge in [-0.25, -0.2) is 0 Å². The Morgan fingerprint density at radius 1 is 1.36 bits per heavy atom. The fourth-order valence-corrected chi connectivity index (χ4v) is 1.72. The zero-order chi connectivity index (χ0) is 9.64. The maximum atomic E-state index is 5.63. The van der Waals surface area contributed by atoms with Gasteiger partial charge in [-0.1, -0.05) is 11.6 Å². The van der Waals surface area contributed by atoms with Crippen molar-refractivity contribution in [3.8, 4) is 0 Å². The number of ether oxygens (including phenoxy) is 2. The minimum atomic E-state index is 0.0947. The molecule has 1 saturated heterocycles. The lowest BCUT2D eigenvalue weighted by atomic mass is 10.2. The quantitative estimate of drug-likeness (QED) is 0.497. The maximum absolute atomic E-state index is 5.63. The molecule has 2 heteroatoms. The lowest BCUT2D eigenvalue weighted by molar-refractivity contribution is -0.162. The summed E-state index contributed by atoms with van der Waals surface area (Å²) in [5.41, 5.74) is 1.64. The highest BCUT2D eigenvalue weighted by Gasteiger charge is 2.13. The van der Waals surface area contributed by atoms with Crippen molar-refractivity contribution in [2.45, 2.75) is 51.2 Å². The van der Waals surface area contributed by atoms with E-state index >= 15 is 0 Å². The maximum Gasteiger partial charge on any atom is 0.157 e. The van der Waals surface area contributed by atoms with E-state index in [9.17, 15) is 0 Å². The van der Waals surface area contributed by atoms with Gasteiger partial charge in [-0.15, -0.1) is 0 Å². The van der Waals surface area contributed by atoms with Crippen molar-refractivity contribution in [3.05, 3.63) is 11.6 Å². The van der Waals surface area contributed by atoms with Crippen molar-refractivity contribution in [1.82, 2.24) is 0 Å². The van der Waals surface area contributed by atoms with E-state index in [-0.39, 0.29) is 6.29 Å². The number of hydrogen-bond donors (Lipinski definition) is 0. The average molecular weight is 196 g/mol. The van der Waals surface area contributed by atoms with Crippen molar-refractivity contribution in [2.24, 2.45) is 0 Å². The van der Waals surface area contributed by atoms with E-state index in [1.165, 1.54) is 32.1 Å². The highest BCUT2D eigenvalue weighted by molar-refractivity contribution is 5.15. The summed E-state index contributed by atoms with van der Waals surface area (Å²) >= 11 is 0. The predicted molar refractivity (Wildman–Crippen MR) is 56.1 cm³/mol. The van der Waals surface area contributed by atoms with Crippen LogP contribution in [-0.2, 0) is 9.47 Å². The van der Waals surface area contributed by atoms with Crippen LogP contribution in [0.4, 0.5) is 0 Å². The molecule has 1 saturated carbocycles. The Hall–Kier alpha value is -0.340. The van der Waals surface area contributed by atoms with Gasteiger partial charge >= 0.3 is 0 Å². The van der Waals surface area contributed by atoms with E-state index in [2.05, 4.69) is 6.08 Å². The third-order valence-corrected chi connectivity index (χ3v) is 2.76. The highest BCUT2D eigenvalue weighted by atomic mass is 16.7. The summed E-state index contributed by atoms with van der Waals surface area (Å²) in [7, 11) is 0. The summed E-state index contributed by atoms with van der Waals surface area (Å²) in [4.78, 5) is 0. The Balaban J connectivity index is 1.47. The van der Waals surface area contributed by atoms with Gasteiger partial charge in [-0.2, -0.15) is 0 Å². The van der Waals surface area contributed by atoms with Crippen LogP contribution in [0.25, 0.3) is 0 Å². The molecule has 0 spiro atoms. The highest BCUT2D eigenvalue weighted by Crippen LogP contribution is 2.28. The first kappa shape index (κ1) is 10.2. The minimum absolute atomic E-state index is 0.0947. The molecule has 2 fully saturated rings. The molecule has 14 heavy (non-hydrogen) atoms. The van der Waals surface area contributed by atoms with Crippen LogP contribution in [0.3, 0.4) is 0 Å². The second-order valence-corrected chi connectivity index (χ2v) is 4.17. The molecular formula is C12H20O2. The van der Waals surface area contributed by atoms with Crippen molar-refractivity contribution in [1.29, 1.82) is 0 Å². The van der Waals surface area contributed by atoms with Gasteiger partial charge in [0.15, 0.2) is 6.29 Å². The Labute approximate surface area is 86.3 Å². The Morgan fingerprint density at radius 2 is 2.29 bits per heavy atom. The number of rotatable bonds is 5. The van der Waals surface area contributed by atoms with Crippen LogP contribution in [0.2, 0.25) is 0 Å². The summed E-state index contributed by atoms with van der Waals surface area (Å²) in [6, 6.07) is 0. The van der Waals surface area contributed by atoms with Gasteiger partial charge in [0.05, 0.1) is 6.61 Å². The molecule has 1 aliphatic carbocycles. The van der Waals surface area contributed by atoms with Gasteiger partial charge in [-0.05, 0) is 44.9 Å². The lowest BCUT2D eigenvalue weighted by Gasteiger charge is -2.22. The normalized spacial score (nSPS) is 26.3. The molecule has 0 amide bonds. The molecule has 2 rings (SSSR count). The monoisotopic (exact) mass is 196 g/mol. The van der Waals surface area contributed by atoms with Crippen molar-refractivity contribution in [2.75, 3.05) is 13.2 Å². The SMILES string of the molecule is C(CCCOC1CCCCO1)=C1CC1. The summed E-state index contributed by atoms with van der Waals surface area (Å²) in [5.74, 6) is 0. The Kier molecular flexibility index (Phi) is 4.02. The van der Waals surface area contributed by atoms with Crippen LogP contribution < -0.4 is 0 Å². The number of unbranched alkanes of at least 4 members (excludes halogenated alkanes) is 1. The van der Waals surface area contributed by atoms with E-state index in [0.29, 0.717) is 0 Å². The summed E-state index contributed by atoms with van der Waals surface area (Å²) in [6.07, 6.45) is 11.0. The van der Waals surface area contributed by atoms with Crippen LogP contribution in [0, 0.1) is 0 Å². The molecule has 80 valence electrons. The second kappa shape index (κ2) is 5.52. The van der Waals surface area contributed by atoms with Crippen LogP contribution in [0.5, 0.6) is 0 Å². The fraction of sp³-hybridized carbons (Fsp3) is 0.833. The molecule has 0 aromatic carbocycles. The van der Waals surface area contributed by atoms with Crippen LogP contribution in [-0.4, -0.2) is 19.5 Å². The lowest BCUT2D eigenvalue weighted by Crippen LogP contribution is -2.22. The molecule has 2 aliphatic rings. The van der Waals surface area contributed by atoms with Gasteiger partial charge in [0.1, 0.15) is 0 Å². The van der Waals surface area contributed by atoms with E-state index in [4.69, 9.17) is 9.47 Å². The minimum Gasteiger partial charge on any atom is -0.353 e. The Morgan fingerprint density at radius 3 is 3.00 bits per heavy atom. The molecule has 0 aromatic heterocycles. The first-order chi connectivity index (χ1) is 6.95. The number of allylic oxidation sites excluding steroid dienone is 2. The third kappa shape index (κ3) is 3.81. The summed E-state index contributed by atoms with van der Waals surface area (Å²) < 4.78 is 11.1. The van der Waals surface area contributed by atoms with Crippen LogP contribution in [0.15, 0.2) is 11.6 Å². The van der Waals surface area contributed by atoms with E-state index in [1.807, 2.05) is 0 Å². The zero-order valence-corrected chi connectivity index (χ0v) is 8.84. The molecule has 1 heterocycles. The molecule has 0 N–H and O–H groups in total. The second-order valence-electron chi connectivity index (χ2n) is 4.17. The van der Waals surface area contributed by atoms with Crippen molar-refractivity contribution >= 4 is 0 Å². The van der Waals surface area contributed by atoms with E-state index in [1.54, 1.807) is 5.57 Å². The van der Waals surface area contributed by atoms with Gasteiger partial charge in [0.2, 0.25) is 0 Å². The largest absolute Gasteiger partial charge is 0.353 e. The molecule has 1 atom stereocenters. The first-order valence-corrected chi connectivity index (χ1v) is 5.86. The summed E-state index contributed by atoms with van der Waals surface area (Å²) in [5, 5.41) is 0. The average Bonchev–Trinajstić information content (AvgIpc) is 3.03. The molecular weight excluding hydrogens is 176 g/mol.